The van der Waals surface area contributed by atoms with Gasteiger partial charge in [0, 0.05) is 5.92 Å². The topological polar surface area (TPSA) is 9.23 Å². The molecule has 0 heterocycles. The van der Waals surface area contributed by atoms with Crippen molar-refractivity contribution in [3.8, 4) is 17.6 Å². The zero-order valence-corrected chi connectivity index (χ0v) is 12.3. The van der Waals surface area contributed by atoms with Crippen molar-refractivity contribution in [2.75, 3.05) is 6.61 Å². The summed E-state index contributed by atoms with van der Waals surface area (Å²) in [4.78, 5) is 0. The molecule has 0 saturated carbocycles. The third-order valence-corrected chi connectivity index (χ3v) is 3.01. The number of hydrogen-bond acceptors (Lipinski definition) is 1. The summed E-state index contributed by atoms with van der Waals surface area (Å²) in [5.74, 6) is 7.63. The van der Waals surface area contributed by atoms with Gasteiger partial charge in [-0.25, -0.2) is 0 Å². The maximum Gasteiger partial charge on any atom is 0.122 e. The minimum Gasteiger partial charge on any atom is -0.493 e. The summed E-state index contributed by atoms with van der Waals surface area (Å²) >= 11 is 0. The van der Waals surface area contributed by atoms with Crippen LogP contribution in [0, 0.1) is 31.6 Å². The van der Waals surface area contributed by atoms with Crippen molar-refractivity contribution in [2.24, 2.45) is 5.92 Å². The van der Waals surface area contributed by atoms with Gasteiger partial charge < -0.3 is 4.74 Å². The van der Waals surface area contributed by atoms with Crippen LogP contribution < -0.4 is 4.74 Å². The fourth-order valence-electron chi connectivity index (χ4n) is 2.06. The van der Waals surface area contributed by atoms with Crippen LogP contribution in [-0.2, 0) is 6.42 Å². The highest BCUT2D eigenvalue weighted by Crippen LogP contribution is 2.24. The lowest BCUT2D eigenvalue weighted by Crippen LogP contribution is -2.02. The van der Waals surface area contributed by atoms with E-state index in [4.69, 9.17) is 4.74 Å². The zero-order valence-electron chi connectivity index (χ0n) is 12.3. The van der Waals surface area contributed by atoms with Crippen LogP contribution in [0.25, 0.3) is 0 Å². The monoisotopic (exact) mass is 244 g/mol. The second kappa shape index (κ2) is 7.11. The number of rotatable bonds is 5. The number of benzene rings is 1. The molecule has 0 radical (unpaired) electrons. The first kappa shape index (κ1) is 14.6. The molecule has 0 fully saturated rings. The third kappa shape index (κ3) is 4.11. The molecule has 1 aromatic rings. The summed E-state index contributed by atoms with van der Waals surface area (Å²) < 4.78 is 5.75. The van der Waals surface area contributed by atoms with E-state index in [2.05, 4.69) is 51.7 Å². The van der Waals surface area contributed by atoms with E-state index in [0.717, 1.165) is 25.2 Å². The molecule has 0 N–H and O–H groups in total. The van der Waals surface area contributed by atoms with Gasteiger partial charge in [-0.1, -0.05) is 19.9 Å². The quantitative estimate of drug-likeness (QED) is 0.702. The second-order valence-corrected chi connectivity index (χ2v) is 4.89. The smallest absolute Gasteiger partial charge is 0.122 e. The average molecular weight is 244 g/mol. The fourth-order valence-corrected chi connectivity index (χ4v) is 2.06. The maximum absolute atomic E-state index is 5.75. The van der Waals surface area contributed by atoms with E-state index in [1.54, 1.807) is 0 Å². The van der Waals surface area contributed by atoms with Gasteiger partial charge in [-0.2, -0.15) is 0 Å². The molecule has 0 aromatic heterocycles. The molecule has 0 saturated heterocycles. The molecule has 0 spiro atoms. The summed E-state index contributed by atoms with van der Waals surface area (Å²) in [6.07, 6.45) is 2.06. The Hall–Kier alpha value is -1.42. The molecule has 1 atom stereocenters. The predicted molar refractivity (Wildman–Crippen MR) is 78.0 cm³/mol. The van der Waals surface area contributed by atoms with Gasteiger partial charge in [0.2, 0.25) is 0 Å². The lowest BCUT2D eigenvalue weighted by atomic mass is 9.95. The first-order valence-corrected chi connectivity index (χ1v) is 6.73. The summed E-state index contributed by atoms with van der Waals surface area (Å²) in [5, 5.41) is 0. The van der Waals surface area contributed by atoms with E-state index >= 15 is 0 Å². The van der Waals surface area contributed by atoms with E-state index in [-0.39, 0.29) is 0 Å². The first-order chi connectivity index (χ1) is 8.58. The highest BCUT2D eigenvalue weighted by Gasteiger charge is 2.08. The summed E-state index contributed by atoms with van der Waals surface area (Å²) in [6, 6.07) is 4.40. The Bertz CT molecular complexity index is 449. The van der Waals surface area contributed by atoms with Crippen LogP contribution in [-0.4, -0.2) is 6.61 Å². The highest BCUT2D eigenvalue weighted by molar-refractivity contribution is 5.42. The van der Waals surface area contributed by atoms with Gasteiger partial charge in [0.05, 0.1) is 6.61 Å². The fraction of sp³-hybridized carbons (Fsp3) is 0.529. The molecule has 1 nitrogen and oxygen atoms in total. The lowest BCUT2D eigenvalue weighted by molar-refractivity contribution is 0.315. The third-order valence-electron chi connectivity index (χ3n) is 3.01. The van der Waals surface area contributed by atoms with E-state index in [1.165, 1.54) is 16.7 Å². The first-order valence-electron chi connectivity index (χ1n) is 6.73. The Kier molecular flexibility index (Phi) is 5.78. The summed E-state index contributed by atoms with van der Waals surface area (Å²) in [5.41, 5.74) is 3.91. The number of ether oxygens (including phenoxy) is 1. The average Bonchev–Trinajstić information content (AvgIpc) is 2.32. The van der Waals surface area contributed by atoms with Crippen LogP contribution in [0.15, 0.2) is 12.1 Å². The van der Waals surface area contributed by atoms with Gasteiger partial charge in [-0.05, 0) is 56.4 Å². The van der Waals surface area contributed by atoms with Gasteiger partial charge >= 0.3 is 0 Å². The highest BCUT2D eigenvalue weighted by atomic mass is 16.5. The summed E-state index contributed by atoms with van der Waals surface area (Å²) in [6.45, 7) is 11.3. The van der Waals surface area contributed by atoms with Crippen molar-refractivity contribution in [1.82, 2.24) is 0 Å². The lowest BCUT2D eigenvalue weighted by Gasteiger charge is -2.14. The molecule has 0 aliphatic carbocycles. The van der Waals surface area contributed by atoms with Gasteiger partial charge in [0.1, 0.15) is 5.75 Å². The molecule has 0 bridgehead atoms. The van der Waals surface area contributed by atoms with Crippen LogP contribution in [0.3, 0.4) is 0 Å². The van der Waals surface area contributed by atoms with E-state index in [0.29, 0.717) is 5.92 Å². The predicted octanol–water partition coefficient (Wildman–Crippen LogP) is 4.29. The largest absolute Gasteiger partial charge is 0.493 e. The van der Waals surface area contributed by atoms with Crippen LogP contribution in [0.5, 0.6) is 5.75 Å². The van der Waals surface area contributed by atoms with E-state index in [1.807, 2.05) is 6.92 Å². The van der Waals surface area contributed by atoms with Crippen LogP contribution in [0.1, 0.15) is 43.9 Å². The molecular weight excluding hydrogens is 220 g/mol. The molecule has 1 heteroatoms. The van der Waals surface area contributed by atoms with Crippen LogP contribution in [0.4, 0.5) is 0 Å². The Labute approximate surface area is 112 Å². The van der Waals surface area contributed by atoms with Crippen molar-refractivity contribution in [3.63, 3.8) is 0 Å². The second-order valence-electron chi connectivity index (χ2n) is 4.89. The zero-order chi connectivity index (χ0) is 13.5. The Balaban J connectivity index is 2.87. The van der Waals surface area contributed by atoms with Gasteiger partial charge in [0.25, 0.3) is 0 Å². The Morgan fingerprint density at radius 1 is 1.22 bits per heavy atom. The molecule has 1 rings (SSSR count). The molecule has 18 heavy (non-hydrogen) atoms. The van der Waals surface area contributed by atoms with Gasteiger partial charge in [-0.3, -0.25) is 0 Å². The molecule has 98 valence electrons. The van der Waals surface area contributed by atoms with E-state index < -0.39 is 0 Å². The van der Waals surface area contributed by atoms with Crippen molar-refractivity contribution in [3.05, 3.63) is 28.8 Å². The van der Waals surface area contributed by atoms with Crippen LogP contribution >= 0.6 is 0 Å². The van der Waals surface area contributed by atoms with Gasteiger partial charge in [0.15, 0.2) is 0 Å². The standard InChI is InChI=1S/C17H24O/c1-6-8-13(3)10-16-11-15(5)17(12-14(16)4)18-9-7-2/h11-13H,7,9-10H2,1-5H3. The SMILES string of the molecule is CC#CC(C)Cc1cc(C)c(OCCC)cc1C. The maximum atomic E-state index is 5.75. The molecule has 0 amide bonds. The van der Waals surface area contributed by atoms with Gasteiger partial charge in [-0.15, -0.1) is 11.8 Å². The molecule has 0 aliphatic rings. The van der Waals surface area contributed by atoms with Crippen LogP contribution in [0.2, 0.25) is 0 Å². The molecule has 1 aromatic carbocycles. The normalized spacial score (nSPS) is 11.6. The van der Waals surface area contributed by atoms with E-state index in [9.17, 15) is 0 Å². The Morgan fingerprint density at radius 2 is 1.94 bits per heavy atom. The molecule has 1 unspecified atom stereocenters. The van der Waals surface area contributed by atoms with Crippen molar-refractivity contribution < 1.29 is 4.74 Å². The number of hydrogen-bond donors (Lipinski definition) is 0. The van der Waals surface area contributed by atoms with Crippen molar-refractivity contribution in [2.45, 2.75) is 47.5 Å². The Morgan fingerprint density at radius 3 is 2.56 bits per heavy atom. The molecule has 0 aliphatic heterocycles. The number of aryl methyl sites for hydroxylation is 2. The summed E-state index contributed by atoms with van der Waals surface area (Å²) in [7, 11) is 0. The molecular formula is C17H24O. The minimum atomic E-state index is 0.413. The van der Waals surface area contributed by atoms with Crippen molar-refractivity contribution in [1.29, 1.82) is 0 Å². The minimum absolute atomic E-state index is 0.413. The van der Waals surface area contributed by atoms with Crippen molar-refractivity contribution >= 4 is 0 Å².